The van der Waals surface area contributed by atoms with E-state index in [2.05, 4.69) is 10.5 Å². The summed E-state index contributed by atoms with van der Waals surface area (Å²) in [4.78, 5) is 23.0. The van der Waals surface area contributed by atoms with Crippen LogP contribution in [0.5, 0.6) is 17.2 Å². The number of halogens is 1. The van der Waals surface area contributed by atoms with Gasteiger partial charge in [0.15, 0.2) is 18.1 Å². The molecule has 0 spiro atoms. The number of methoxy groups -OCH3 is 1. The molecule has 0 bridgehead atoms. The SMILES string of the molecule is COc1cc(/C=N/NC(=O)COc2cccc(Cl)c2)ccc1OCc1cccc(C(=O)O)c1. The average molecular weight is 469 g/mol. The van der Waals surface area contributed by atoms with E-state index in [1.165, 1.54) is 19.4 Å². The van der Waals surface area contributed by atoms with Crippen molar-refractivity contribution in [1.29, 1.82) is 0 Å². The van der Waals surface area contributed by atoms with E-state index in [4.69, 9.17) is 30.9 Å². The van der Waals surface area contributed by atoms with Crippen LogP contribution in [0.4, 0.5) is 0 Å². The largest absolute Gasteiger partial charge is 0.493 e. The summed E-state index contributed by atoms with van der Waals surface area (Å²) in [5.74, 6) is -0.00199. The van der Waals surface area contributed by atoms with E-state index in [0.29, 0.717) is 33.4 Å². The van der Waals surface area contributed by atoms with Crippen molar-refractivity contribution in [3.63, 3.8) is 0 Å². The van der Waals surface area contributed by atoms with E-state index in [1.807, 2.05) is 0 Å². The summed E-state index contributed by atoms with van der Waals surface area (Å²) in [6.07, 6.45) is 1.46. The molecule has 1 amide bonds. The van der Waals surface area contributed by atoms with Gasteiger partial charge in [-0.3, -0.25) is 4.79 Å². The van der Waals surface area contributed by atoms with Crippen LogP contribution in [0.2, 0.25) is 5.02 Å². The summed E-state index contributed by atoms with van der Waals surface area (Å²) < 4.78 is 16.5. The maximum atomic E-state index is 11.9. The maximum absolute atomic E-state index is 11.9. The zero-order chi connectivity index (χ0) is 23.6. The summed E-state index contributed by atoms with van der Waals surface area (Å²) in [5, 5.41) is 13.5. The minimum absolute atomic E-state index is 0.174. The molecule has 0 atom stereocenters. The normalized spacial score (nSPS) is 10.6. The number of carbonyl (C=O) groups excluding carboxylic acids is 1. The highest BCUT2D eigenvalue weighted by atomic mass is 35.5. The highest BCUT2D eigenvalue weighted by Gasteiger charge is 2.08. The number of hydrogen-bond acceptors (Lipinski definition) is 6. The molecule has 0 heterocycles. The number of carboxylic acids is 1. The fourth-order valence-corrected chi connectivity index (χ4v) is 2.94. The lowest BCUT2D eigenvalue weighted by molar-refractivity contribution is -0.123. The molecule has 33 heavy (non-hydrogen) atoms. The molecule has 0 saturated carbocycles. The van der Waals surface area contributed by atoms with Crippen molar-refractivity contribution in [2.24, 2.45) is 5.10 Å². The number of carboxylic acid groups (broad SMARTS) is 1. The lowest BCUT2D eigenvalue weighted by Gasteiger charge is -2.11. The van der Waals surface area contributed by atoms with E-state index in [9.17, 15) is 9.59 Å². The smallest absolute Gasteiger partial charge is 0.335 e. The third kappa shape index (κ3) is 7.26. The van der Waals surface area contributed by atoms with Gasteiger partial charge in [0.2, 0.25) is 0 Å². The second-order valence-electron chi connectivity index (χ2n) is 6.74. The van der Waals surface area contributed by atoms with Crippen molar-refractivity contribution in [1.82, 2.24) is 5.43 Å². The second-order valence-corrected chi connectivity index (χ2v) is 7.18. The third-order valence-corrected chi connectivity index (χ3v) is 4.56. The quantitative estimate of drug-likeness (QED) is 0.342. The summed E-state index contributed by atoms with van der Waals surface area (Å²) in [6, 6.07) is 18.4. The van der Waals surface area contributed by atoms with E-state index < -0.39 is 11.9 Å². The van der Waals surface area contributed by atoms with Gasteiger partial charge in [0, 0.05) is 5.02 Å². The van der Waals surface area contributed by atoms with Gasteiger partial charge in [0.25, 0.3) is 5.91 Å². The van der Waals surface area contributed by atoms with Crippen LogP contribution in [0.25, 0.3) is 0 Å². The number of ether oxygens (including phenoxy) is 3. The molecular weight excluding hydrogens is 448 g/mol. The third-order valence-electron chi connectivity index (χ3n) is 4.32. The number of carbonyl (C=O) groups is 2. The zero-order valence-electron chi connectivity index (χ0n) is 17.7. The van der Waals surface area contributed by atoms with Gasteiger partial charge in [-0.15, -0.1) is 0 Å². The average Bonchev–Trinajstić information content (AvgIpc) is 2.82. The Bertz CT molecular complexity index is 1170. The Balaban J connectivity index is 1.54. The monoisotopic (exact) mass is 468 g/mol. The Morgan fingerprint density at radius 1 is 1.03 bits per heavy atom. The van der Waals surface area contributed by atoms with Gasteiger partial charge in [-0.1, -0.05) is 29.8 Å². The number of nitrogens with zero attached hydrogens (tertiary/aromatic N) is 1. The fourth-order valence-electron chi connectivity index (χ4n) is 2.76. The Morgan fingerprint density at radius 3 is 2.61 bits per heavy atom. The highest BCUT2D eigenvalue weighted by Crippen LogP contribution is 2.28. The molecule has 3 aromatic carbocycles. The van der Waals surface area contributed by atoms with Crippen molar-refractivity contribution in [3.8, 4) is 17.2 Å². The van der Waals surface area contributed by atoms with E-state index in [-0.39, 0.29) is 18.8 Å². The molecule has 0 aliphatic carbocycles. The summed E-state index contributed by atoms with van der Waals surface area (Å²) >= 11 is 5.87. The van der Waals surface area contributed by atoms with Crippen molar-refractivity contribution in [3.05, 3.63) is 88.4 Å². The minimum Gasteiger partial charge on any atom is -0.493 e. The molecule has 0 saturated heterocycles. The van der Waals surface area contributed by atoms with Gasteiger partial charge in [0.1, 0.15) is 12.4 Å². The molecular formula is C24H21ClN2O6. The molecule has 3 aromatic rings. The molecule has 0 radical (unpaired) electrons. The molecule has 0 aliphatic rings. The van der Waals surface area contributed by atoms with Gasteiger partial charge in [-0.2, -0.15) is 5.10 Å². The number of aromatic carboxylic acids is 1. The number of nitrogens with one attached hydrogen (secondary N) is 1. The maximum Gasteiger partial charge on any atom is 0.335 e. The van der Waals surface area contributed by atoms with Crippen molar-refractivity contribution in [2.75, 3.05) is 13.7 Å². The molecule has 0 unspecified atom stereocenters. The Morgan fingerprint density at radius 2 is 1.85 bits per heavy atom. The standard InChI is InChI=1S/C24H21ClN2O6/c1-31-22-11-16(13-26-27-23(28)15-32-20-7-3-6-19(25)12-20)8-9-21(22)33-14-17-4-2-5-18(10-17)24(29)30/h2-13H,14-15H2,1H3,(H,27,28)(H,29,30)/b26-13+. The highest BCUT2D eigenvalue weighted by molar-refractivity contribution is 6.30. The zero-order valence-corrected chi connectivity index (χ0v) is 18.4. The first-order valence-corrected chi connectivity index (χ1v) is 10.2. The topological polar surface area (TPSA) is 106 Å². The van der Waals surface area contributed by atoms with Gasteiger partial charge in [0.05, 0.1) is 18.9 Å². The fraction of sp³-hybridized carbons (Fsp3) is 0.125. The first-order valence-electron chi connectivity index (χ1n) is 9.78. The van der Waals surface area contributed by atoms with Crippen LogP contribution in [0.15, 0.2) is 71.8 Å². The van der Waals surface area contributed by atoms with Gasteiger partial charge in [-0.25, -0.2) is 10.2 Å². The molecule has 0 aliphatic heterocycles. The number of rotatable bonds is 10. The van der Waals surface area contributed by atoms with Crippen molar-refractivity contribution in [2.45, 2.75) is 6.61 Å². The van der Waals surface area contributed by atoms with Crippen molar-refractivity contribution >= 4 is 29.7 Å². The van der Waals surface area contributed by atoms with Gasteiger partial charge >= 0.3 is 5.97 Å². The second kappa shape index (κ2) is 11.5. The van der Waals surface area contributed by atoms with E-state index in [1.54, 1.807) is 60.7 Å². The lowest BCUT2D eigenvalue weighted by Crippen LogP contribution is -2.24. The molecule has 9 heteroatoms. The van der Waals surface area contributed by atoms with Crippen LogP contribution in [0, 0.1) is 0 Å². The van der Waals surface area contributed by atoms with E-state index >= 15 is 0 Å². The Kier molecular flexibility index (Phi) is 8.26. The Labute approximate surface area is 195 Å². The molecule has 0 fully saturated rings. The van der Waals surface area contributed by atoms with Crippen LogP contribution in [0.1, 0.15) is 21.5 Å². The first kappa shape index (κ1) is 23.6. The minimum atomic E-state index is -0.999. The molecule has 170 valence electrons. The van der Waals surface area contributed by atoms with Crippen LogP contribution in [-0.4, -0.2) is 36.9 Å². The number of benzene rings is 3. The van der Waals surface area contributed by atoms with Crippen molar-refractivity contribution < 1.29 is 28.9 Å². The van der Waals surface area contributed by atoms with Gasteiger partial charge < -0.3 is 19.3 Å². The molecule has 3 rings (SSSR count). The van der Waals surface area contributed by atoms with Crippen LogP contribution in [-0.2, 0) is 11.4 Å². The number of amides is 1. The molecule has 8 nitrogen and oxygen atoms in total. The van der Waals surface area contributed by atoms with Crippen LogP contribution < -0.4 is 19.6 Å². The summed E-state index contributed by atoms with van der Waals surface area (Å²) in [6.45, 7) is -0.0372. The predicted molar refractivity (Wildman–Crippen MR) is 123 cm³/mol. The summed E-state index contributed by atoms with van der Waals surface area (Å²) in [5.41, 5.74) is 3.95. The first-order chi connectivity index (χ1) is 15.9. The molecule has 2 N–H and O–H groups in total. The van der Waals surface area contributed by atoms with Crippen LogP contribution >= 0.6 is 11.6 Å². The van der Waals surface area contributed by atoms with E-state index in [0.717, 1.165) is 0 Å². The Hall–Kier alpha value is -4.04. The number of hydrogen-bond donors (Lipinski definition) is 2. The number of hydrazone groups is 1. The predicted octanol–water partition coefficient (Wildman–Crippen LogP) is 4.15. The summed E-state index contributed by atoms with van der Waals surface area (Å²) in [7, 11) is 1.50. The van der Waals surface area contributed by atoms with Gasteiger partial charge in [-0.05, 0) is 59.7 Å². The lowest BCUT2D eigenvalue weighted by atomic mass is 10.1. The molecule has 0 aromatic heterocycles. The van der Waals surface area contributed by atoms with Crippen LogP contribution in [0.3, 0.4) is 0 Å².